The number of nitrogens with one attached hydrogen (secondary N) is 1. The van der Waals surface area contributed by atoms with E-state index in [1.807, 2.05) is 12.4 Å². The van der Waals surface area contributed by atoms with Gasteiger partial charge < -0.3 is 10.2 Å². The molecule has 1 aromatic rings. The second-order valence-electron chi connectivity index (χ2n) is 5.38. The van der Waals surface area contributed by atoms with E-state index in [1.165, 1.54) is 30.8 Å². The van der Waals surface area contributed by atoms with Gasteiger partial charge in [0.15, 0.2) is 0 Å². The number of hydrogen-bond donors (Lipinski definition) is 1. The molecule has 0 radical (unpaired) electrons. The predicted octanol–water partition coefficient (Wildman–Crippen LogP) is 2.43. The van der Waals surface area contributed by atoms with Crippen molar-refractivity contribution in [3.05, 3.63) is 24.0 Å². The molecular formula is C14H23N3. The summed E-state index contributed by atoms with van der Waals surface area (Å²) in [5.74, 6) is 0.807. The average molecular weight is 233 g/mol. The Labute approximate surface area is 104 Å². The molecule has 17 heavy (non-hydrogen) atoms. The van der Waals surface area contributed by atoms with E-state index in [0.29, 0.717) is 6.04 Å². The Kier molecular flexibility index (Phi) is 4.00. The van der Waals surface area contributed by atoms with Crippen LogP contribution in [0.1, 0.15) is 32.8 Å². The van der Waals surface area contributed by atoms with Crippen LogP contribution in [0.5, 0.6) is 0 Å². The second-order valence-corrected chi connectivity index (χ2v) is 5.38. The highest BCUT2D eigenvalue weighted by atomic mass is 15.2. The van der Waals surface area contributed by atoms with Crippen LogP contribution >= 0.6 is 0 Å². The van der Waals surface area contributed by atoms with Gasteiger partial charge in [-0.25, -0.2) is 0 Å². The van der Waals surface area contributed by atoms with Gasteiger partial charge in [-0.05, 0) is 24.0 Å². The first-order chi connectivity index (χ1) is 8.16. The third-order valence-corrected chi connectivity index (χ3v) is 3.35. The lowest BCUT2D eigenvalue weighted by atomic mass is 10.2. The molecule has 2 heterocycles. The number of nitrogens with zero attached hydrogens (tertiary/aromatic N) is 2. The summed E-state index contributed by atoms with van der Waals surface area (Å²) in [5.41, 5.74) is 2.67. The van der Waals surface area contributed by atoms with E-state index < -0.39 is 0 Å². The highest BCUT2D eigenvalue weighted by Gasteiger charge is 2.20. The quantitative estimate of drug-likeness (QED) is 0.865. The lowest BCUT2D eigenvalue weighted by molar-refractivity contribution is 0.587. The van der Waals surface area contributed by atoms with Crippen LogP contribution < -0.4 is 10.2 Å². The number of aromatic nitrogens is 1. The fourth-order valence-corrected chi connectivity index (χ4v) is 2.32. The molecule has 1 unspecified atom stereocenters. The number of pyridine rings is 1. The molecule has 1 aromatic heterocycles. The second kappa shape index (κ2) is 5.50. The van der Waals surface area contributed by atoms with Crippen LogP contribution in [0.3, 0.4) is 0 Å². The SMILES string of the molecule is CC1CCN(c2cnccc2CNC(C)C)C1. The summed E-state index contributed by atoms with van der Waals surface area (Å²) in [5, 5.41) is 3.48. The molecule has 1 fully saturated rings. The Hall–Kier alpha value is -1.09. The van der Waals surface area contributed by atoms with Gasteiger partial charge in [-0.2, -0.15) is 0 Å². The van der Waals surface area contributed by atoms with Crippen molar-refractivity contribution in [1.82, 2.24) is 10.3 Å². The summed E-state index contributed by atoms with van der Waals surface area (Å²) in [6.07, 6.45) is 5.20. The minimum absolute atomic E-state index is 0.522. The van der Waals surface area contributed by atoms with Gasteiger partial charge in [0.05, 0.1) is 11.9 Å². The minimum Gasteiger partial charge on any atom is -0.370 e. The van der Waals surface area contributed by atoms with E-state index in [1.54, 1.807) is 0 Å². The zero-order chi connectivity index (χ0) is 12.3. The molecule has 0 bridgehead atoms. The number of anilines is 1. The standard InChI is InChI=1S/C14H23N3/c1-11(2)16-8-13-4-6-15-9-14(13)17-7-5-12(3)10-17/h4,6,9,11-12,16H,5,7-8,10H2,1-3H3. The predicted molar refractivity (Wildman–Crippen MR) is 72.2 cm³/mol. The molecule has 0 amide bonds. The lowest BCUT2D eigenvalue weighted by Crippen LogP contribution is -2.25. The molecule has 1 N–H and O–H groups in total. The van der Waals surface area contributed by atoms with E-state index in [4.69, 9.17) is 0 Å². The largest absolute Gasteiger partial charge is 0.370 e. The molecule has 3 nitrogen and oxygen atoms in total. The van der Waals surface area contributed by atoms with Crippen LogP contribution in [0.4, 0.5) is 5.69 Å². The summed E-state index contributed by atoms with van der Waals surface area (Å²) in [7, 11) is 0. The first kappa shape index (κ1) is 12.4. The Morgan fingerprint density at radius 2 is 2.35 bits per heavy atom. The minimum atomic E-state index is 0.522. The fourth-order valence-electron chi connectivity index (χ4n) is 2.32. The molecule has 0 spiro atoms. The molecule has 0 aliphatic carbocycles. The summed E-state index contributed by atoms with van der Waals surface area (Å²) in [4.78, 5) is 6.74. The van der Waals surface area contributed by atoms with Crippen LogP contribution in [-0.4, -0.2) is 24.1 Å². The monoisotopic (exact) mass is 233 g/mol. The fraction of sp³-hybridized carbons (Fsp3) is 0.643. The maximum absolute atomic E-state index is 4.27. The van der Waals surface area contributed by atoms with Crippen molar-refractivity contribution in [2.24, 2.45) is 5.92 Å². The van der Waals surface area contributed by atoms with Gasteiger partial charge in [0, 0.05) is 31.9 Å². The first-order valence-electron chi connectivity index (χ1n) is 6.58. The van der Waals surface area contributed by atoms with E-state index in [-0.39, 0.29) is 0 Å². The first-order valence-corrected chi connectivity index (χ1v) is 6.58. The third-order valence-electron chi connectivity index (χ3n) is 3.35. The van der Waals surface area contributed by atoms with Gasteiger partial charge in [-0.1, -0.05) is 20.8 Å². The van der Waals surface area contributed by atoms with Crippen molar-refractivity contribution in [1.29, 1.82) is 0 Å². The maximum Gasteiger partial charge on any atom is 0.0598 e. The van der Waals surface area contributed by atoms with E-state index in [2.05, 4.69) is 42.0 Å². The van der Waals surface area contributed by atoms with Gasteiger partial charge in [-0.3, -0.25) is 4.98 Å². The molecule has 94 valence electrons. The van der Waals surface area contributed by atoms with Gasteiger partial charge >= 0.3 is 0 Å². The zero-order valence-corrected chi connectivity index (χ0v) is 11.1. The lowest BCUT2D eigenvalue weighted by Gasteiger charge is -2.22. The van der Waals surface area contributed by atoms with Crippen molar-refractivity contribution >= 4 is 5.69 Å². The molecule has 2 rings (SSSR count). The summed E-state index contributed by atoms with van der Waals surface area (Å²) in [6.45, 7) is 9.95. The van der Waals surface area contributed by atoms with Crippen LogP contribution in [0, 0.1) is 5.92 Å². The molecule has 1 aliphatic heterocycles. The van der Waals surface area contributed by atoms with Gasteiger partial charge in [0.25, 0.3) is 0 Å². The summed E-state index contributed by atoms with van der Waals surface area (Å²) >= 11 is 0. The molecule has 3 heteroatoms. The van der Waals surface area contributed by atoms with Gasteiger partial charge in [0.1, 0.15) is 0 Å². The summed E-state index contributed by atoms with van der Waals surface area (Å²) in [6, 6.07) is 2.65. The molecule has 0 saturated carbocycles. The van der Waals surface area contributed by atoms with Crippen molar-refractivity contribution in [2.45, 2.75) is 39.8 Å². The molecule has 0 aromatic carbocycles. The van der Waals surface area contributed by atoms with E-state index >= 15 is 0 Å². The van der Waals surface area contributed by atoms with Gasteiger partial charge in [-0.15, -0.1) is 0 Å². The van der Waals surface area contributed by atoms with E-state index in [9.17, 15) is 0 Å². The maximum atomic E-state index is 4.27. The Bertz CT molecular complexity index is 362. The topological polar surface area (TPSA) is 28.2 Å². The molecule has 1 saturated heterocycles. The van der Waals surface area contributed by atoms with Crippen molar-refractivity contribution in [3.63, 3.8) is 0 Å². The van der Waals surface area contributed by atoms with Crippen LogP contribution in [0.25, 0.3) is 0 Å². The molecular weight excluding hydrogens is 210 g/mol. The molecule has 1 aliphatic rings. The number of hydrogen-bond acceptors (Lipinski definition) is 3. The smallest absolute Gasteiger partial charge is 0.0598 e. The Morgan fingerprint density at radius 3 is 3.00 bits per heavy atom. The molecule has 1 atom stereocenters. The van der Waals surface area contributed by atoms with Crippen molar-refractivity contribution < 1.29 is 0 Å². The van der Waals surface area contributed by atoms with Gasteiger partial charge in [0.2, 0.25) is 0 Å². The average Bonchev–Trinajstić information content (AvgIpc) is 2.73. The van der Waals surface area contributed by atoms with Crippen molar-refractivity contribution in [2.75, 3.05) is 18.0 Å². The van der Waals surface area contributed by atoms with Crippen LogP contribution in [0.2, 0.25) is 0 Å². The van der Waals surface area contributed by atoms with E-state index in [0.717, 1.165) is 12.5 Å². The summed E-state index contributed by atoms with van der Waals surface area (Å²) < 4.78 is 0. The van der Waals surface area contributed by atoms with Crippen LogP contribution in [-0.2, 0) is 6.54 Å². The number of rotatable bonds is 4. The third kappa shape index (κ3) is 3.19. The highest BCUT2D eigenvalue weighted by molar-refractivity contribution is 5.52. The van der Waals surface area contributed by atoms with Crippen molar-refractivity contribution in [3.8, 4) is 0 Å². The normalized spacial score (nSPS) is 20.2. The highest BCUT2D eigenvalue weighted by Crippen LogP contribution is 2.26. The van der Waals surface area contributed by atoms with Crippen LogP contribution in [0.15, 0.2) is 18.5 Å². The Morgan fingerprint density at radius 1 is 1.53 bits per heavy atom. The Balaban J connectivity index is 2.10. The zero-order valence-electron chi connectivity index (χ0n) is 11.1.